The van der Waals surface area contributed by atoms with E-state index in [1.165, 1.54) is 0 Å². The number of terminal acetylenes is 1. The maximum Gasteiger partial charge on any atom is 0.424 e. The van der Waals surface area contributed by atoms with Crippen LogP contribution in [0.25, 0.3) is 0 Å². The van der Waals surface area contributed by atoms with Gasteiger partial charge in [-0.25, -0.2) is 13.2 Å². The quantitative estimate of drug-likeness (QED) is 0.527. The van der Waals surface area contributed by atoms with E-state index in [-0.39, 0.29) is 5.92 Å². The SMILES string of the molecule is C#CC(F)(C(F)C(F)(F)F)C(F)C(F)(F)F. The molecule has 0 aliphatic rings. The topological polar surface area (TPSA) is 0 Å². The van der Waals surface area contributed by atoms with Crippen molar-refractivity contribution in [2.75, 3.05) is 0 Å². The van der Waals surface area contributed by atoms with Crippen LogP contribution in [0.4, 0.5) is 39.5 Å². The molecular weight excluding hydrogens is 255 g/mol. The van der Waals surface area contributed by atoms with Gasteiger partial charge in [0.1, 0.15) is 0 Å². The van der Waals surface area contributed by atoms with Crippen molar-refractivity contribution < 1.29 is 39.5 Å². The largest absolute Gasteiger partial charge is 0.424 e. The summed E-state index contributed by atoms with van der Waals surface area (Å²) >= 11 is 0. The summed E-state index contributed by atoms with van der Waals surface area (Å²) in [7, 11) is 0. The van der Waals surface area contributed by atoms with Crippen molar-refractivity contribution in [1.82, 2.24) is 0 Å². The Labute approximate surface area is 83.4 Å². The average molecular weight is 258 g/mol. The van der Waals surface area contributed by atoms with Crippen LogP contribution in [0.1, 0.15) is 0 Å². The molecule has 0 aromatic heterocycles. The zero-order valence-electron chi connectivity index (χ0n) is 7.13. The average Bonchev–Trinajstić information content (AvgIpc) is 2.11. The molecule has 2 unspecified atom stereocenters. The van der Waals surface area contributed by atoms with E-state index in [4.69, 9.17) is 0 Å². The first-order valence-electron chi connectivity index (χ1n) is 3.45. The molecule has 9 heteroatoms. The number of alkyl halides is 9. The number of rotatable bonds is 2. The van der Waals surface area contributed by atoms with Crippen LogP contribution >= 0.6 is 0 Å². The van der Waals surface area contributed by atoms with Gasteiger partial charge >= 0.3 is 12.4 Å². The summed E-state index contributed by atoms with van der Waals surface area (Å²) in [4.78, 5) is 0. The van der Waals surface area contributed by atoms with Gasteiger partial charge in [0.15, 0.2) is 0 Å². The lowest BCUT2D eigenvalue weighted by Gasteiger charge is -2.29. The molecule has 0 spiro atoms. The van der Waals surface area contributed by atoms with Crippen molar-refractivity contribution in [3.05, 3.63) is 0 Å². The van der Waals surface area contributed by atoms with E-state index >= 15 is 0 Å². The van der Waals surface area contributed by atoms with Gasteiger partial charge in [-0.15, -0.1) is 6.42 Å². The Morgan fingerprint density at radius 3 is 1.12 bits per heavy atom. The van der Waals surface area contributed by atoms with E-state index in [1.807, 2.05) is 0 Å². The molecule has 0 aromatic rings. The molecule has 16 heavy (non-hydrogen) atoms. The third kappa shape index (κ3) is 2.74. The van der Waals surface area contributed by atoms with Gasteiger partial charge in [0, 0.05) is 0 Å². The molecule has 0 aromatic carbocycles. The van der Waals surface area contributed by atoms with E-state index < -0.39 is 30.4 Å². The summed E-state index contributed by atoms with van der Waals surface area (Å²) in [6.45, 7) is 0. The first-order valence-corrected chi connectivity index (χ1v) is 3.45. The molecule has 0 heterocycles. The molecule has 94 valence electrons. The van der Waals surface area contributed by atoms with Crippen LogP contribution in [0.3, 0.4) is 0 Å². The predicted octanol–water partition coefficient (Wildman–Crippen LogP) is 3.13. The van der Waals surface area contributed by atoms with Crippen LogP contribution in [0.5, 0.6) is 0 Å². The molecule has 0 N–H and O–H groups in total. The maximum atomic E-state index is 12.9. The Bertz CT molecular complexity index is 260. The molecule has 0 fully saturated rings. The van der Waals surface area contributed by atoms with Crippen molar-refractivity contribution in [3.63, 3.8) is 0 Å². The van der Waals surface area contributed by atoms with Crippen molar-refractivity contribution in [2.24, 2.45) is 0 Å². The van der Waals surface area contributed by atoms with Gasteiger partial charge in [-0.1, -0.05) is 5.92 Å². The van der Waals surface area contributed by atoms with Crippen molar-refractivity contribution in [3.8, 4) is 12.3 Å². The van der Waals surface area contributed by atoms with Crippen molar-refractivity contribution in [2.45, 2.75) is 30.4 Å². The van der Waals surface area contributed by atoms with Gasteiger partial charge in [0.2, 0.25) is 18.0 Å². The van der Waals surface area contributed by atoms with Crippen molar-refractivity contribution in [1.29, 1.82) is 0 Å². The van der Waals surface area contributed by atoms with Gasteiger partial charge in [0.25, 0.3) is 0 Å². The molecule has 0 amide bonds. The van der Waals surface area contributed by atoms with Gasteiger partial charge in [-0.05, 0) is 0 Å². The first kappa shape index (κ1) is 14.9. The van der Waals surface area contributed by atoms with Crippen LogP contribution in [0.2, 0.25) is 0 Å². The summed E-state index contributed by atoms with van der Waals surface area (Å²) in [5, 5.41) is 0. The monoisotopic (exact) mass is 258 g/mol. The van der Waals surface area contributed by atoms with Crippen LogP contribution in [0, 0.1) is 12.3 Å². The summed E-state index contributed by atoms with van der Waals surface area (Å²) in [6, 6.07) is 0. The molecule has 0 rings (SSSR count). The number of halogens is 9. The van der Waals surface area contributed by atoms with Crippen molar-refractivity contribution >= 4 is 0 Å². The van der Waals surface area contributed by atoms with E-state index in [2.05, 4.69) is 6.42 Å². The second kappa shape index (κ2) is 4.07. The minimum Gasteiger partial charge on any atom is -0.233 e. The Balaban J connectivity index is 5.33. The summed E-state index contributed by atoms with van der Waals surface area (Å²) < 4.78 is 107. The third-order valence-corrected chi connectivity index (χ3v) is 1.53. The van der Waals surface area contributed by atoms with Crippen LogP contribution in [0.15, 0.2) is 0 Å². The second-order valence-electron chi connectivity index (χ2n) is 2.72. The Hall–Kier alpha value is -1.07. The fraction of sp³-hybridized carbons (Fsp3) is 0.714. The van der Waals surface area contributed by atoms with Gasteiger partial charge in [-0.2, -0.15) is 26.3 Å². The normalized spacial score (nSPS) is 20.8. The lowest BCUT2D eigenvalue weighted by molar-refractivity contribution is -0.256. The molecule has 0 aliphatic heterocycles. The first-order chi connectivity index (χ1) is 6.87. The molecule has 0 aliphatic carbocycles. The lowest BCUT2D eigenvalue weighted by atomic mass is 9.94. The standard InChI is InChI=1S/C7H3F9/c1-2-5(10,3(8)6(11,12)13)4(9)7(14,15)16/h1,3-4H. The van der Waals surface area contributed by atoms with Gasteiger partial charge in [-0.3, -0.25) is 0 Å². The summed E-state index contributed by atoms with van der Waals surface area (Å²) in [5.41, 5.74) is -5.13. The number of hydrogen-bond donors (Lipinski definition) is 0. The molecule has 0 radical (unpaired) electrons. The minimum atomic E-state index is -6.03. The molecule has 0 saturated carbocycles. The van der Waals surface area contributed by atoms with E-state index in [9.17, 15) is 39.5 Å². The molecule has 0 nitrogen and oxygen atoms in total. The van der Waals surface area contributed by atoms with Gasteiger partial charge in [0.05, 0.1) is 0 Å². The molecular formula is C7H3F9. The molecule has 0 saturated heterocycles. The van der Waals surface area contributed by atoms with E-state index in [0.717, 1.165) is 0 Å². The lowest BCUT2D eigenvalue weighted by Crippen LogP contribution is -2.55. The Kier molecular flexibility index (Phi) is 3.79. The summed E-state index contributed by atoms with van der Waals surface area (Å²) in [5.74, 6) is 0.234. The third-order valence-electron chi connectivity index (χ3n) is 1.53. The minimum absolute atomic E-state index is 0.234. The Morgan fingerprint density at radius 1 is 0.750 bits per heavy atom. The van der Waals surface area contributed by atoms with E-state index in [1.54, 1.807) is 0 Å². The van der Waals surface area contributed by atoms with E-state index in [0.29, 0.717) is 0 Å². The highest BCUT2D eigenvalue weighted by atomic mass is 19.4. The van der Waals surface area contributed by atoms with Gasteiger partial charge < -0.3 is 0 Å². The van der Waals surface area contributed by atoms with Crippen LogP contribution in [-0.4, -0.2) is 30.4 Å². The second-order valence-corrected chi connectivity index (χ2v) is 2.72. The Morgan fingerprint density at radius 2 is 1.00 bits per heavy atom. The fourth-order valence-electron chi connectivity index (χ4n) is 0.751. The highest BCUT2D eigenvalue weighted by molar-refractivity contribution is 5.19. The smallest absolute Gasteiger partial charge is 0.233 e. The predicted molar refractivity (Wildman–Crippen MR) is 34.6 cm³/mol. The van der Waals surface area contributed by atoms with Crippen LogP contribution in [-0.2, 0) is 0 Å². The maximum absolute atomic E-state index is 12.9. The zero-order valence-corrected chi connectivity index (χ0v) is 7.13. The van der Waals surface area contributed by atoms with Crippen LogP contribution < -0.4 is 0 Å². The number of hydrogen-bond acceptors (Lipinski definition) is 0. The molecule has 0 bridgehead atoms. The highest BCUT2D eigenvalue weighted by Crippen LogP contribution is 2.42. The summed E-state index contributed by atoms with van der Waals surface area (Å²) in [6.07, 6.45) is -17.6. The zero-order chi connectivity index (χ0) is 13.4. The highest BCUT2D eigenvalue weighted by Gasteiger charge is 2.66. The fourth-order valence-corrected chi connectivity index (χ4v) is 0.751. The molecule has 2 atom stereocenters.